The lowest BCUT2D eigenvalue weighted by Gasteiger charge is -2.00. The van der Waals surface area contributed by atoms with Crippen molar-refractivity contribution in [2.45, 2.75) is 20.3 Å². The first kappa shape index (κ1) is 13.2. The molecule has 0 bridgehead atoms. The van der Waals surface area contributed by atoms with Gasteiger partial charge in [-0.3, -0.25) is 4.79 Å². The molecule has 0 saturated carbocycles. The Bertz CT molecular complexity index is 301. The topological polar surface area (TPSA) is 76.4 Å². The number of carbonyl (C=O) groups excluding carboxylic acids is 2. The zero-order valence-electron chi connectivity index (χ0n) is 8.78. The van der Waals surface area contributed by atoms with Gasteiger partial charge in [0, 0.05) is 11.6 Å². The molecule has 5 heteroatoms. The molecule has 0 aliphatic heterocycles. The van der Waals surface area contributed by atoms with E-state index in [0.29, 0.717) is 0 Å². The van der Waals surface area contributed by atoms with E-state index in [4.69, 9.17) is 5.26 Å². The van der Waals surface area contributed by atoms with E-state index in [0.717, 1.165) is 6.08 Å². The van der Waals surface area contributed by atoms with Crippen LogP contribution in [0.2, 0.25) is 0 Å². The van der Waals surface area contributed by atoms with Crippen molar-refractivity contribution in [2.75, 3.05) is 13.2 Å². The van der Waals surface area contributed by atoms with E-state index in [1.165, 1.54) is 0 Å². The summed E-state index contributed by atoms with van der Waals surface area (Å²) in [6.07, 6.45) is 0.795. The van der Waals surface area contributed by atoms with Crippen LogP contribution in [0, 0.1) is 11.3 Å². The number of hydrogen-bond donors (Lipinski definition) is 0. The first-order valence-electron chi connectivity index (χ1n) is 4.57. The first-order valence-corrected chi connectivity index (χ1v) is 4.57. The maximum Gasteiger partial charge on any atom is 0.331 e. The molecule has 0 spiro atoms. The van der Waals surface area contributed by atoms with Gasteiger partial charge in [0.05, 0.1) is 25.7 Å². The lowest BCUT2D eigenvalue weighted by atomic mass is 10.2. The molecule has 0 rings (SSSR count). The van der Waals surface area contributed by atoms with Crippen molar-refractivity contribution < 1.29 is 19.1 Å². The molecule has 0 radical (unpaired) electrons. The highest BCUT2D eigenvalue weighted by molar-refractivity contribution is 5.85. The van der Waals surface area contributed by atoms with E-state index < -0.39 is 11.9 Å². The van der Waals surface area contributed by atoms with Gasteiger partial charge < -0.3 is 9.47 Å². The minimum Gasteiger partial charge on any atom is -0.466 e. The molecule has 0 unspecified atom stereocenters. The Balaban J connectivity index is 4.31. The fraction of sp³-hybridized carbons (Fsp3) is 0.500. The quantitative estimate of drug-likeness (QED) is 0.384. The highest BCUT2D eigenvalue weighted by Gasteiger charge is 2.08. The monoisotopic (exact) mass is 211 g/mol. The van der Waals surface area contributed by atoms with Crippen LogP contribution < -0.4 is 0 Å². The maximum atomic E-state index is 11.0. The van der Waals surface area contributed by atoms with Crippen LogP contribution in [0.15, 0.2) is 11.6 Å². The first-order chi connectivity index (χ1) is 7.13. The second-order valence-corrected chi connectivity index (χ2v) is 2.52. The smallest absolute Gasteiger partial charge is 0.331 e. The molecule has 0 amide bonds. The molecule has 5 nitrogen and oxygen atoms in total. The predicted octanol–water partition coefficient (Wildman–Crippen LogP) is 0.953. The van der Waals surface area contributed by atoms with Crippen LogP contribution >= 0.6 is 0 Å². The van der Waals surface area contributed by atoms with Crippen LogP contribution in [-0.4, -0.2) is 25.2 Å². The van der Waals surface area contributed by atoms with Crippen LogP contribution in [0.5, 0.6) is 0 Å². The number of nitriles is 1. The zero-order chi connectivity index (χ0) is 11.7. The number of hydrogen-bond acceptors (Lipinski definition) is 5. The van der Waals surface area contributed by atoms with E-state index in [-0.39, 0.29) is 25.2 Å². The van der Waals surface area contributed by atoms with Crippen molar-refractivity contribution in [1.29, 1.82) is 5.26 Å². The molecular weight excluding hydrogens is 198 g/mol. The van der Waals surface area contributed by atoms with E-state index in [1.807, 2.05) is 0 Å². The van der Waals surface area contributed by atoms with Gasteiger partial charge >= 0.3 is 11.9 Å². The Hall–Kier alpha value is -1.83. The van der Waals surface area contributed by atoms with Gasteiger partial charge in [-0.2, -0.15) is 5.26 Å². The average Bonchev–Trinajstić information content (AvgIpc) is 2.17. The van der Waals surface area contributed by atoms with Gasteiger partial charge in [0.15, 0.2) is 0 Å². The molecule has 82 valence electrons. The molecule has 0 N–H and O–H groups in total. The highest BCUT2D eigenvalue weighted by Crippen LogP contribution is 2.02. The largest absolute Gasteiger partial charge is 0.466 e. The number of esters is 2. The Morgan fingerprint density at radius 2 is 1.87 bits per heavy atom. The van der Waals surface area contributed by atoms with Crippen LogP contribution in [0.3, 0.4) is 0 Å². The molecule has 0 aromatic rings. The molecule has 0 aromatic heterocycles. The molecule has 0 aliphatic carbocycles. The predicted molar refractivity (Wildman–Crippen MR) is 51.6 cm³/mol. The van der Waals surface area contributed by atoms with Gasteiger partial charge in [0.25, 0.3) is 0 Å². The third kappa shape index (κ3) is 6.27. The summed E-state index contributed by atoms with van der Waals surface area (Å²) >= 11 is 0. The summed E-state index contributed by atoms with van der Waals surface area (Å²) in [5, 5.41) is 8.63. The van der Waals surface area contributed by atoms with E-state index in [9.17, 15) is 9.59 Å². The standard InChI is InChI=1S/C10H13NO4/c1-3-14-9(12)5-8(7-11)6-10(13)15-4-2/h5H,3-4,6H2,1-2H3. The van der Waals surface area contributed by atoms with Crippen LogP contribution in [0.1, 0.15) is 20.3 Å². The van der Waals surface area contributed by atoms with Crippen LogP contribution in [-0.2, 0) is 19.1 Å². The van der Waals surface area contributed by atoms with Crippen molar-refractivity contribution in [1.82, 2.24) is 0 Å². The summed E-state index contributed by atoms with van der Waals surface area (Å²) in [4.78, 5) is 21.9. The molecule has 0 heterocycles. The molecule has 0 fully saturated rings. The summed E-state index contributed by atoms with van der Waals surface area (Å²) in [6.45, 7) is 3.80. The van der Waals surface area contributed by atoms with Crippen molar-refractivity contribution in [3.8, 4) is 6.07 Å². The van der Waals surface area contributed by atoms with E-state index >= 15 is 0 Å². The normalized spacial score (nSPS) is 10.3. The number of nitrogens with zero attached hydrogens (tertiary/aromatic N) is 1. The van der Waals surface area contributed by atoms with Crippen molar-refractivity contribution in [3.63, 3.8) is 0 Å². The SMILES string of the molecule is CCOC(=O)C=C(C#N)CC(=O)OCC. The summed E-state index contributed by atoms with van der Waals surface area (Å²) < 4.78 is 9.23. The van der Waals surface area contributed by atoms with Crippen molar-refractivity contribution in [3.05, 3.63) is 11.6 Å². The molecule has 0 aromatic carbocycles. The fourth-order valence-corrected chi connectivity index (χ4v) is 0.817. The third-order valence-corrected chi connectivity index (χ3v) is 1.36. The second-order valence-electron chi connectivity index (χ2n) is 2.52. The van der Waals surface area contributed by atoms with E-state index in [1.54, 1.807) is 19.9 Å². The Kier molecular flexibility index (Phi) is 6.64. The average molecular weight is 211 g/mol. The molecular formula is C10H13NO4. The summed E-state index contributed by atoms with van der Waals surface area (Å²) in [5.74, 6) is -1.16. The van der Waals surface area contributed by atoms with Gasteiger partial charge in [-0.05, 0) is 13.8 Å². The Morgan fingerprint density at radius 1 is 1.27 bits per heavy atom. The van der Waals surface area contributed by atoms with Crippen LogP contribution in [0.25, 0.3) is 0 Å². The van der Waals surface area contributed by atoms with Gasteiger partial charge in [0.1, 0.15) is 0 Å². The second kappa shape index (κ2) is 7.56. The van der Waals surface area contributed by atoms with Gasteiger partial charge in [-0.1, -0.05) is 0 Å². The van der Waals surface area contributed by atoms with Gasteiger partial charge in [0.2, 0.25) is 0 Å². The lowest BCUT2D eigenvalue weighted by molar-refractivity contribution is -0.142. The highest BCUT2D eigenvalue weighted by atomic mass is 16.5. The zero-order valence-corrected chi connectivity index (χ0v) is 8.78. The molecule has 15 heavy (non-hydrogen) atoms. The number of rotatable bonds is 5. The number of ether oxygens (including phenoxy) is 2. The minimum absolute atomic E-state index is 0.0342. The van der Waals surface area contributed by atoms with Crippen molar-refractivity contribution >= 4 is 11.9 Å². The minimum atomic E-state index is -0.627. The van der Waals surface area contributed by atoms with Crippen LogP contribution in [0.4, 0.5) is 0 Å². The molecule has 0 atom stereocenters. The summed E-state index contributed by atoms with van der Waals surface area (Å²) in [5.41, 5.74) is 0.0342. The third-order valence-electron chi connectivity index (χ3n) is 1.36. The molecule has 0 saturated heterocycles. The summed E-state index contributed by atoms with van der Waals surface area (Å²) in [7, 11) is 0. The van der Waals surface area contributed by atoms with Crippen molar-refractivity contribution in [2.24, 2.45) is 0 Å². The molecule has 0 aliphatic rings. The van der Waals surface area contributed by atoms with E-state index in [2.05, 4.69) is 9.47 Å². The Morgan fingerprint density at radius 3 is 2.33 bits per heavy atom. The summed E-state index contributed by atoms with van der Waals surface area (Å²) in [6, 6.07) is 1.74. The lowest BCUT2D eigenvalue weighted by Crippen LogP contribution is -2.07. The van der Waals surface area contributed by atoms with Gasteiger partial charge in [-0.15, -0.1) is 0 Å². The van der Waals surface area contributed by atoms with Gasteiger partial charge in [-0.25, -0.2) is 4.79 Å². The number of carbonyl (C=O) groups is 2. The maximum absolute atomic E-state index is 11.0. The fourth-order valence-electron chi connectivity index (χ4n) is 0.817. The Labute approximate surface area is 88.3 Å².